The highest BCUT2D eigenvalue weighted by atomic mass is 16.2. The molecule has 0 aliphatic rings. The van der Waals surface area contributed by atoms with Gasteiger partial charge in [-0.1, -0.05) is 39.5 Å². The lowest BCUT2D eigenvalue weighted by Crippen LogP contribution is -2.26. The normalized spacial score (nSPS) is 10.5. The number of carbonyl (C=O) groups is 3. The van der Waals surface area contributed by atoms with E-state index in [2.05, 4.69) is 19.2 Å². The molecule has 0 spiro atoms. The van der Waals surface area contributed by atoms with Crippen LogP contribution in [-0.4, -0.2) is 24.5 Å². The Balaban J connectivity index is 4.07. The number of unbranched alkanes of at least 4 members (excludes halogenated alkanes) is 2. The molecule has 0 aliphatic heterocycles. The Hall–Kier alpha value is -1.19. The van der Waals surface area contributed by atoms with Crippen LogP contribution in [0.2, 0.25) is 0 Å². The largest absolute Gasteiger partial charge is 0.349 e. The first kappa shape index (κ1) is 17.8. The zero-order chi connectivity index (χ0) is 14.5. The Morgan fingerprint density at radius 2 is 1.63 bits per heavy atom. The highest BCUT2D eigenvalue weighted by Gasteiger charge is 2.18. The van der Waals surface area contributed by atoms with Gasteiger partial charge < -0.3 is 10.1 Å². The average molecular weight is 269 g/mol. The van der Waals surface area contributed by atoms with Crippen LogP contribution in [0.4, 0.5) is 0 Å². The molecule has 0 rings (SSSR count). The molecular formula is C15H27NO3. The third-order valence-electron chi connectivity index (χ3n) is 3.25. The Morgan fingerprint density at radius 3 is 2.11 bits per heavy atom. The van der Waals surface area contributed by atoms with E-state index in [0.717, 1.165) is 38.5 Å². The summed E-state index contributed by atoms with van der Waals surface area (Å²) in [6, 6.07) is 0. The Morgan fingerprint density at radius 1 is 1.05 bits per heavy atom. The molecule has 0 aromatic rings. The van der Waals surface area contributed by atoms with E-state index in [4.69, 9.17) is 0 Å². The van der Waals surface area contributed by atoms with E-state index in [9.17, 15) is 14.4 Å². The first-order valence-corrected chi connectivity index (χ1v) is 7.38. The van der Waals surface area contributed by atoms with Crippen molar-refractivity contribution in [3.8, 4) is 0 Å². The minimum atomic E-state index is -0.217. The van der Waals surface area contributed by atoms with Crippen molar-refractivity contribution in [2.75, 3.05) is 6.54 Å². The number of nitrogens with one attached hydrogen (secondary N) is 1. The van der Waals surface area contributed by atoms with Crippen molar-refractivity contribution in [2.45, 2.75) is 65.2 Å². The molecule has 0 unspecified atom stereocenters. The third kappa shape index (κ3) is 9.40. The summed E-state index contributed by atoms with van der Waals surface area (Å²) in [5.41, 5.74) is 0. The molecule has 19 heavy (non-hydrogen) atoms. The maximum atomic E-state index is 12.1. The average Bonchev–Trinajstić information content (AvgIpc) is 2.42. The van der Waals surface area contributed by atoms with Crippen LogP contribution in [0.5, 0.6) is 0 Å². The summed E-state index contributed by atoms with van der Waals surface area (Å²) >= 11 is 0. The maximum absolute atomic E-state index is 12.1. The summed E-state index contributed by atoms with van der Waals surface area (Å²) in [6.07, 6.45) is 7.33. The van der Waals surface area contributed by atoms with Crippen LogP contribution in [0.15, 0.2) is 0 Å². The Kier molecular flexibility index (Phi) is 11.1. The zero-order valence-corrected chi connectivity index (χ0v) is 12.2. The number of amides is 1. The highest BCUT2D eigenvalue weighted by molar-refractivity contribution is 5.86. The highest BCUT2D eigenvalue weighted by Crippen LogP contribution is 2.19. The second-order valence-corrected chi connectivity index (χ2v) is 4.92. The molecule has 1 amide bonds. The first-order chi connectivity index (χ1) is 9.15. The number of Topliss-reactive ketones (excluding diaryl/α,β-unsaturated/α-hetero) is 1. The molecular weight excluding hydrogens is 242 g/mol. The number of ketones is 1. The van der Waals surface area contributed by atoms with Crippen molar-refractivity contribution in [3.63, 3.8) is 0 Å². The molecule has 0 bridgehead atoms. The summed E-state index contributed by atoms with van der Waals surface area (Å²) < 4.78 is 0. The van der Waals surface area contributed by atoms with Gasteiger partial charge in [0.15, 0.2) is 0 Å². The fourth-order valence-electron chi connectivity index (χ4n) is 2.05. The fraction of sp³-hybridized carbons (Fsp3) is 0.800. The summed E-state index contributed by atoms with van der Waals surface area (Å²) in [4.78, 5) is 33.5. The van der Waals surface area contributed by atoms with E-state index >= 15 is 0 Å². The molecule has 0 saturated carbocycles. The van der Waals surface area contributed by atoms with Crippen molar-refractivity contribution in [3.05, 3.63) is 0 Å². The molecule has 0 fully saturated rings. The molecule has 110 valence electrons. The van der Waals surface area contributed by atoms with Crippen LogP contribution in [0.3, 0.4) is 0 Å². The van der Waals surface area contributed by atoms with E-state index < -0.39 is 0 Å². The monoisotopic (exact) mass is 269 g/mol. The molecule has 1 N–H and O–H groups in total. The van der Waals surface area contributed by atoms with Crippen LogP contribution in [0, 0.1) is 5.92 Å². The topological polar surface area (TPSA) is 63.2 Å². The van der Waals surface area contributed by atoms with Gasteiger partial charge in [0, 0.05) is 18.8 Å². The molecule has 4 nitrogen and oxygen atoms in total. The molecule has 0 saturated heterocycles. The minimum absolute atomic E-state index is 0.0299. The number of aldehydes is 1. The van der Waals surface area contributed by atoms with Gasteiger partial charge in [-0.3, -0.25) is 9.59 Å². The van der Waals surface area contributed by atoms with Crippen molar-refractivity contribution in [2.24, 2.45) is 5.92 Å². The third-order valence-corrected chi connectivity index (χ3v) is 3.25. The number of hydrogen-bond donors (Lipinski definition) is 1. The SMILES string of the molecule is CCCCC(CCCC)C(=O)CCC(=O)NCC=O. The van der Waals surface area contributed by atoms with Crippen molar-refractivity contribution >= 4 is 18.0 Å². The summed E-state index contributed by atoms with van der Waals surface area (Å²) in [5.74, 6) is 0.0899. The molecule has 4 heteroatoms. The molecule has 0 aromatic carbocycles. The second-order valence-electron chi connectivity index (χ2n) is 4.92. The number of carbonyl (C=O) groups excluding carboxylic acids is 3. The summed E-state index contributed by atoms with van der Waals surface area (Å²) in [6.45, 7) is 4.27. The van der Waals surface area contributed by atoms with Crippen molar-refractivity contribution in [1.82, 2.24) is 5.32 Å². The zero-order valence-electron chi connectivity index (χ0n) is 12.2. The molecule has 0 aliphatic carbocycles. The number of rotatable bonds is 12. The van der Waals surface area contributed by atoms with Crippen LogP contribution >= 0.6 is 0 Å². The fourth-order valence-corrected chi connectivity index (χ4v) is 2.05. The van der Waals surface area contributed by atoms with Gasteiger partial charge in [-0.15, -0.1) is 0 Å². The second kappa shape index (κ2) is 11.9. The van der Waals surface area contributed by atoms with Crippen LogP contribution < -0.4 is 5.32 Å². The first-order valence-electron chi connectivity index (χ1n) is 7.38. The van der Waals surface area contributed by atoms with Crippen molar-refractivity contribution < 1.29 is 14.4 Å². The Labute approximate surface area is 116 Å². The van der Waals surface area contributed by atoms with Gasteiger partial charge in [-0.2, -0.15) is 0 Å². The van der Waals surface area contributed by atoms with Crippen LogP contribution in [0.25, 0.3) is 0 Å². The predicted molar refractivity (Wildman–Crippen MR) is 75.9 cm³/mol. The van der Waals surface area contributed by atoms with E-state index in [1.54, 1.807) is 0 Å². The lowest BCUT2D eigenvalue weighted by molar-refractivity contribution is -0.128. The lowest BCUT2D eigenvalue weighted by atomic mass is 9.90. The van der Waals surface area contributed by atoms with Gasteiger partial charge in [0.25, 0.3) is 0 Å². The molecule has 0 heterocycles. The maximum Gasteiger partial charge on any atom is 0.220 e. The van der Waals surface area contributed by atoms with Gasteiger partial charge >= 0.3 is 0 Å². The Bertz CT molecular complexity index is 269. The van der Waals surface area contributed by atoms with Gasteiger partial charge in [0.1, 0.15) is 12.1 Å². The van der Waals surface area contributed by atoms with Gasteiger partial charge in [-0.05, 0) is 12.8 Å². The summed E-state index contributed by atoms with van der Waals surface area (Å²) in [7, 11) is 0. The van der Waals surface area contributed by atoms with Gasteiger partial charge in [0.2, 0.25) is 5.91 Å². The van der Waals surface area contributed by atoms with E-state index in [1.165, 1.54) is 0 Å². The van der Waals surface area contributed by atoms with Crippen LogP contribution in [0.1, 0.15) is 65.2 Å². The van der Waals surface area contributed by atoms with E-state index in [-0.39, 0.29) is 30.6 Å². The minimum Gasteiger partial charge on any atom is -0.349 e. The standard InChI is InChI=1S/C15H27NO3/c1-3-5-7-13(8-6-4-2)14(18)9-10-15(19)16-11-12-17/h12-13H,3-11H2,1-2H3,(H,16,19). The van der Waals surface area contributed by atoms with E-state index in [1.807, 2.05) is 0 Å². The van der Waals surface area contributed by atoms with Gasteiger partial charge in [0.05, 0.1) is 6.54 Å². The van der Waals surface area contributed by atoms with Gasteiger partial charge in [-0.25, -0.2) is 0 Å². The smallest absolute Gasteiger partial charge is 0.220 e. The lowest BCUT2D eigenvalue weighted by Gasteiger charge is -2.14. The molecule has 0 atom stereocenters. The summed E-state index contributed by atoms with van der Waals surface area (Å²) in [5, 5.41) is 2.45. The van der Waals surface area contributed by atoms with Crippen LogP contribution in [-0.2, 0) is 14.4 Å². The van der Waals surface area contributed by atoms with Crippen molar-refractivity contribution in [1.29, 1.82) is 0 Å². The number of hydrogen-bond acceptors (Lipinski definition) is 3. The predicted octanol–water partition coefficient (Wildman–Crippen LogP) is 2.65. The molecule has 0 aromatic heterocycles. The quantitative estimate of drug-likeness (QED) is 0.554. The molecule has 0 radical (unpaired) electrons. The van der Waals surface area contributed by atoms with E-state index in [0.29, 0.717) is 12.7 Å².